The van der Waals surface area contributed by atoms with Gasteiger partial charge in [0, 0.05) is 12.8 Å². The topological polar surface area (TPSA) is 44.0 Å². The molecule has 0 aromatic heterocycles. The van der Waals surface area contributed by atoms with Gasteiger partial charge in [-0.3, -0.25) is 0 Å². The van der Waals surface area contributed by atoms with Crippen LogP contribution in [0.1, 0.15) is 18.1 Å². The van der Waals surface area contributed by atoms with Gasteiger partial charge in [0.1, 0.15) is 0 Å². The van der Waals surface area contributed by atoms with Crippen LogP contribution in [0.2, 0.25) is 0 Å². The van der Waals surface area contributed by atoms with Crippen molar-refractivity contribution in [2.75, 3.05) is 0 Å². The van der Waals surface area contributed by atoms with Crippen LogP contribution < -0.4 is 0 Å². The first kappa shape index (κ1) is 9.23. The molecule has 0 saturated carbocycles. The van der Waals surface area contributed by atoms with E-state index in [1.807, 2.05) is 24.3 Å². The fourth-order valence-corrected chi connectivity index (χ4v) is 2.05. The number of benzene rings is 1. The molecule has 2 nitrogen and oxygen atoms in total. The Kier molecular flexibility index (Phi) is 2.05. The van der Waals surface area contributed by atoms with E-state index in [0.717, 1.165) is 0 Å². The highest BCUT2D eigenvalue weighted by atomic mass is 16.3. The first-order valence-corrected chi connectivity index (χ1v) is 4.84. The third kappa shape index (κ3) is 1.30. The van der Waals surface area contributed by atoms with E-state index >= 15 is 0 Å². The number of aliphatic hydroxyl groups is 1. The second-order valence-corrected chi connectivity index (χ2v) is 4.08. The Labute approximate surface area is 83.8 Å². The first-order chi connectivity index (χ1) is 6.65. The molecule has 1 aromatic carbocycles. The Bertz CT molecular complexity index is 367. The van der Waals surface area contributed by atoms with Gasteiger partial charge in [-0.15, -0.1) is 0 Å². The van der Waals surface area contributed by atoms with Crippen LogP contribution in [0.5, 0.6) is 0 Å². The lowest BCUT2D eigenvalue weighted by molar-refractivity contribution is 0.0189. The Morgan fingerprint density at radius 2 is 1.86 bits per heavy atom. The standard InChI is InChI=1S/C12H13NO/c1-9(8-13)12(14)6-10-4-2-3-5-11(10)7-12/h2-5,9,14H,6-7H2,1H3. The second kappa shape index (κ2) is 3.11. The largest absolute Gasteiger partial charge is 0.388 e. The molecule has 2 heteroatoms. The van der Waals surface area contributed by atoms with Crippen molar-refractivity contribution in [2.45, 2.75) is 25.4 Å². The predicted molar refractivity (Wildman–Crippen MR) is 53.6 cm³/mol. The molecule has 1 atom stereocenters. The summed E-state index contributed by atoms with van der Waals surface area (Å²) >= 11 is 0. The summed E-state index contributed by atoms with van der Waals surface area (Å²) in [6.07, 6.45) is 1.22. The van der Waals surface area contributed by atoms with Crippen molar-refractivity contribution in [2.24, 2.45) is 5.92 Å². The summed E-state index contributed by atoms with van der Waals surface area (Å²) in [5, 5.41) is 19.1. The molecule has 1 N–H and O–H groups in total. The summed E-state index contributed by atoms with van der Waals surface area (Å²) < 4.78 is 0. The molecule has 1 aliphatic rings. The van der Waals surface area contributed by atoms with Gasteiger partial charge in [0.2, 0.25) is 0 Å². The zero-order valence-corrected chi connectivity index (χ0v) is 8.20. The molecule has 0 fully saturated rings. The van der Waals surface area contributed by atoms with Crippen LogP contribution in [0.4, 0.5) is 0 Å². The lowest BCUT2D eigenvalue weighted by Crippen LogP contribution is -2.36. The zero-order chi connectivity index (χ0) is 10.2. The fraction of sp³-hybridized carbons (Fsp3) is 0.417. The highest BCUT2D eigenvalue weighted by molar-refractivity contribution is 5.36. The quantitative estimate of drug-likeness (QED) is 0.726. The van der Waals surface area contributed by atoms with Gasteiger partial charge in [-0.2, -0.15) is 5.26 Å². The maximum Gasteiger partial charge on any atom is 0.0882 e. The number of hydrogen-bond donors (Lipinski definition) is 1. The van der Waals surface area contributed by atoms with Crippen LogP contribution in [0, 0.1) is 17.2 Å². The fourth-order valence-electron chi connectivity index (χ4n) is 2.05. The van der Waals surface area contributed by atoms with Gasteiger partial charge in [-0.25, -0.2) is 0 Å². The zero-order valence-electron chi connectivity index (χ0n) is 8.20. The molecule has 0 aliphatic heterocycles. The van der Waals surface area contributed by atoms with Crippen molar-refractivity contribution in [1.29, 1.82) is 5.26 Å². The lowest BCUT2D eigenvalue weighted by atomic mass is 9.87. The molecule has 0 heterocycles. The van der Waals surface area contributed by atoms with Crippen molar-refractivity contribution >= 4 is 0 Å². The van der Waals surface area contributed by atoms with Crippen LogP contribution in [0.25, 0.3) is 0 Å². The molecule has 0 amide bonds. The number of fused-ring (bicyclic) bond motifs is 1. The molecule has 14 heavy (non-hydrogen) atoms. The van der Waals surface area contributed by atoms with Gasteiger partial charge in [0.05, 0.1) is 17.6 Å². The van der Waals surface area contributed by atoms with E-state index in [1.54, 1.807) is 6.92 Å². The van der Waals surface area contributed by atoms with Crippen molar-refractivity contribution in [3.05, 3.63) is 35.4 Å². The van der Waals surface area contributed by atoms with Gasteiger partial charge in [0.15, 0.2) is 0 Å². The lowest BCUT2D eigenvalue weighted by Gasteiger charge is -2.24. The van der Waals surface area contributed by atoms with Crippen LogP contribution in [-0.2, 0) is 12.8 Å². The number of hydrogen-bond acceptors (Lipinski definition) is 2. The maximum atomic E-state index is 10.3. The summed E-state index contributed by atoms with van der Waals surface area (Å²) in [5.74, 6) is -0.310. The summed E-state index contributed by atoms with van der Waals surface area (Å²) in [6, 6.07) is 10.1. The molecular weight excluding hydrogens is 174 g/mol. The minimum absolute atomic E-state index is 0.310. The first-order valence-electron chi connectivity index (χ1n) is 4.84. The van der Waals surface area contributed by atoms with E-state index in [2.05, 4.69) is 6.07 Å². The molecule has 1 unspecified atom stereocenters. The Morgan fingerprint density at radius 3 is 2.29 bits per heavy atom. The monoisotopic (exact) mass is 187 g/mol. The molecule has 0 bridgehead atoms. The molecule has 1 aromatic rings. The number of nitrogens with zero attached hydrogens (tertiary/aromatic N) is 1. The summed E-state index contributed by atoms with van der Waals surface area (Å²) in [7, 11) is 0. The summed E-state index contributed by atoms with van der Waals surface area (Å²) in [5.41, 5.74) is 1.51. The normalized spacial score (nSPS) is 19.8. The molecule has 0 radical (unpaired) electrons. The molecule has 0 saturated heterocycles. The molecular formula is C12H13NO. The van der Waals surface area contributed by atoms with Gasteiger partial charge < -0.3 is 5.11 Å². The third-order valence-electron chi connectivity index (χ3n) is 3.11. The predicted octanol–water partition coefficient (Wildman–Crippen LogP) is 1.68. The van der Waals surface area contributed by atoms with Crippen LogP contribution in [-0.4, -0.2) is 10.7 Å². The summed E-state index contributed by atoms with van der Waals surface area (Å²) in [4.78, 5) is 0. The van der Waals surface area contributed by atoms with Crippen LogP contribution in [0.15, 0.2) is 24.3 Å². The van der Waals surface area contributed by atoms with Crippen molar-refractivity contribution in [3.63, 3.8) is 0 Å². The number of nitriles is 1. The number of rotatable bonds is 1. The Morgan fingerprint density at radius 1 is 1.36 bits per heavy atom. The van der Waals surface area contributed by atoms with Gasteiger partial charge in [-0.05, 0) is 18.1 Å². The third-order valence-corrected chi connectivity index (χ3v) is 3.11. The SMILES string of the molecule is CC(C#N)C1(O)Cc2ccccc2C1. The molecule has 0 spiro atoms. The smallest absolute Gasteiger partial charge is 0.0882 e. The van der Waals surface area contributed by atoms with E-state index in [9.17, 15) is 5.11 Å². The molecule has 1 aliphatic carbocycles. The van der Waals surface area contributed by atoms with Gasteiger partial charge in [-0.1, -0.05) is 24.3 Å². The summed E-state index contributed by atoms with van der Waals surface area (Å²) in [6.45, 7) is 1.78. The molecule has 72 valence electrons. The average Bonchev–Trinajstić information content (AvgIpc) is 2.54. The Balaban J connectivity index is 2.31. The van der Waals surface area contributed by atoms with E-state index in [1.165, 1.54) is 11.1 Å². The highest BCUT2D eigenvalue weighted by Crippen LogP contribution is 2.34. The van der Waals surface area contributed by atoms with E-state index in [4.69, 9.17) is 5.26 Å². The van der Waals surface area contributed by atoms with Crippen LogP contribution in [0.3, 0.4) is 0 Å². The van der Waals surface area contributed by atoms with Crippen molar-refractivity contribution in [3.8, 4) is 6.07 Å². The van der Waals surface area contributed by atoms with Crippen molar-refractivity contribution in [1.82, 2.24) is 0 Å². The molecule has 2 rings (SSSR count). The highest BCUT2D eigenvalue weighted by Gasteiger charge is 2.39. The Hall–Kier alpha value is -1.33. The van der Waals surface area contributed by atoms with Crippen LogP contribution >= 0.6 is 0 Å². The van der Waals surface area contributed by atoms with Gasteiger partial charge in [0.25, 0.3) is 0 Å². The van der Waals surface area contributed by atoms with Crippen molar-refractivity contribution < 1.29 is 5.11 Å². The second-order valence-electron chi connectivity index (χ2n) is 4.08. The van der Waals surface area contributed by atoms with E-state index < -0.39 is 5.60 Å². The van der Waals surface area contributed by atoms with E-state index in [0.29, 0.717) is 12.8 Å². The van der Waals surface area contributed by atoms with Gasteiger partial charge >= 0.3 is 0 Å². The minimum atomic E-state index is -0.849. The van der Waals surface area contributed by atoms with E-state index in [-0.39, 0.29) is 5.92 Å². The minimum Gasteiger partial charge on any atom is -0.388 e. The average molecular weight is 187 g/mol. The maximum absolute atomic E-state index is 10.3.